The average Bonchev–Trinajstić information content (AvgIpc) is 3.34. The summed E-state index contributed by atoms with van der Waals surface area (Å²) in [6, 6.07) is 22.0. The molecule has 0 fully saturated rings. The molecular weight excluding hydrogens is 416 g/mol. The maximum absolute atomic E-state index is 13.4. The van der Waals surface area contributed by atoms with Gasteiger partial charge in [0.1, 0.15) is 12.7 Å². The molecule has 7 heteroatoms. The van der Waals surface area contributed by atoms with Crippen molar-refractivity contribution in [3.05, 3.63) is 95.7 Å². The molecule has 0 spiro atoms. The fourth-order valence-corrected chi connectivity index (χ4v) is 4.85. The monoisotopic (exact) mass is 436 g/mol. The summed E-state index contributed by atoms with van der Waals surface area (Å²) < 4.78 is 2.01. The number of anilines is 2. The number of para-hydroxylation sites is 1. The van der Waals surface area contributed by atoms with Crippen LogP contribution in [0.5, 0.6) is 0 Å². The van der Waals surface area contributed by atoms with E-state index in [1.54, 1.807) is 35.2 Å². The summed E-state index contributed by atoms with van der Waals surface area (Å²) in [6.07, 6.45) is 1.31. The van der Waals surface area contributed by atoms with Crippen LogP contribution >= 0.6 is 0 Å². The normalized spacial score (nSPS) is 16.6. The number of rotatable bonds is 3. The Morgan fingerprint density at radius 1 is 0.909 bits per heavy atom. The lowest BCUT2D eigenvalue weighted by molar-refractivity contribution is -0.117. The van der Waals surface area contributed by atoms with Gasteiger partial charge in [-0.05, 0) is 42.5 Å². The van der Waals surface area contributed by atoms with Gasteiger partial charge in [-0.3, -0.25) is 19.3 Å². The van der Waals surface area contributed by atoms with Gasteiger partial charge in [0, 0.05) is 41.0 Å². The van der Waals surface area contributed by atoms with Crippen LogP contribution in [0.1, 0.15) is 32.4 Å². The molecule has 2 aliphatic rings. The zero-order valence-corrected chi connectivity index (χ0v) is 17.9. The van der Waals surface area contributed by atoms with Crippen molar-refractivity contribution in [3.63, 3.8) is 0 Å². The largest absolute Gasteiger partial charge is 0.351 e. The van der Waals surface area contributed by atoms with E-state index in [1.165, 1.54) is 4.90 Å². The van der Waals surface area contributed by atoms with E-state index in [9.17, 15) is 14.4 Å². The van der Waals surface area contributed by atoms with Crippen molar-refractivity contribution in [2.75, 3.05) is 16.8 Å². The Kier molecular flexibility index (Phi) is 4.13. The third kappa shape index (κ3) is 2.86. The Morgan fingerprint density at radius 2 is 1.67 bits per heavy atom. The summed E-state index contributed by atoms with van der Waals surface area (Å²) in [5.74, 6) is -0.768. The van der Waals surface area contributed by atoms with Crippen LogP contribution in [-0.4, -0.2) is 33.7 Å². The van der Waals surface area contributed by atoms with Crippen LogP contribution in [0.3, 0.4) is 0 Å². The molecule has 6 rings (SSSR count). The molecule has 1 atom stereocenters. The number of fused-ring (bicyclic) bond motifs is 6. The lowest BCUT2D eigenvalue weighted by Gasteiger charge is -2.40. The smallest absolute Gasteiger partial charge is 0.260 e. The quantitative estimate of drug-likeness (QED) is 0.529. The molecule has 3 amide bonds. The van der Waals surface area contributed by atoms with Crippen LogP contribution in [-0.2, 0) is 11.8 Å². The van der Waals surface area contributed by atoms with Crippen LogP contribution in [0, 0.1) is 0 Å². The molecule has 1 aromatic heterocycles. The van der Waals surface area contributed by atoms with Crippen molar-refractivity contribution in [1.82, 2.24) is 9.47 Å². The first kappa shape index (κ1) is 19.3. The number of nitrogens with zero attached hydrogens (tertiary/aromatic N) is 3. The van der Waals surface area contributed by atoms with Crippen LogP contribution < -0.4 is 10.2 Å². The number of nitrogens with one attached hydrogen (secondary N) is 1. The molecule has 0 aliphatic carbocycles. The van der Waals surface area contributed by atoms with Gasteiger partial charge < -0.3 is 14.8 Å². The first-order valence-corrected chi connectivity index (χ1v) is 10.7. The number of aromatic nitrogens is 1. The maximum Gasteiger partial charge on any atom is 0.260 e. The minimum atomic E-state index is -0.654. The second-order valence-electron chi connectivity index (χ2n) is 8.33. The van der Waals surface area contributed by atoms with E-state index in [2.05, 4.69) is 5.32 Å². The van der Waals surface area contributed by atoms with Crippen molar-refractivity contribution in [2.24, 2.45) is 7.05 Å². The van der Waals surface area contributed by atoms with E-state index in [0.29, 0.717) is 22.5 Å². The molecule has 1 N–H and O–H groups in total. The van der Waals surface area contributed by atoms with Gasteiger partial charge in [0.05, 0.1) is 11.3 Å². The molecule has 0 saturated carbocycles. The van der Waals surface area contributed by atoms with E-state index in [-0.39, 0.29) is 24.3 Å². The Morgan fingerprint density at radius 3 is 2.52 bits per heavy atom. The molecule has 4 aromatic rings. The predicted molar refractivity (Wildman–Crippen MR) is 125 cm³/mol. The zero-order valence-electron chi connectivity index (χ0n) is 17.9. The summed E-state index contributed by atoms with van der Waals surface area (Å²) in [5.41, 5.74) is 3.97. The molecule has 0 radical (unpaired) electrons. The van der Waals surface area contributed by atoms with Crippen molar-refractivity contribution in [2.45, 2.75) is 6.17 Å². The fourth-order valence-electron chi connectivity index (χ4n) is 4.85. The van der Waals surface area contributed by atoms with Gasteiger partial charge in [0.25, 0.3) is 11.8 Å². The average molecular weight is 436 g/mol. The molecule has 1 unspecified atom stereocenters. The third-order valence-corrected chi connectivity index (χ3v) is 6.37. The van der Waals surface area contributed by atoms with Crippen molar-refractivity contribution < 1.29 is 14.4 Å². The molecule has 2 aliphatic heterocycles. The number of carbonyl (C=O) groups is 3. The Labute approximate surface area is 189 Å². The summed E-state index contributed by atoms with van der Waals surface area (Å²) in [6.45, 7) is -0.178. The Balaban J connectivity index is 1.35. The minimum Gasteiger partial charge on any atom is -0.351 e. The van der Waals surface area contributed by atoms with E-state index < -0.39 is 6.17 Å². The fraction of sp³-hybridized carbons (Fsp3) is 0.115. The number of hydrogen-bond donors (Lipinski definition) is 1. The molecule has 0 bridgehead atoms. The van der Waals surface area contributed by atoms with Gasteiger partial charge >= 0.3 is 0 Å². The number of carbonyl (C=O) groups excluding carboxylic acids is 3. The van der Waals surface area contributed by atoms with Crippen LogP contribution in [0.15, 0.2) is 79.0 Å². The lowest BCUT2D eigenvalue weighted by atomic mass is 10.0. The zero-order chi connectivity index (χ0) is 22.7. The van der Waals surface area contributed by atoms with Gasteiger partial charge in [0.2, 0.25) is 5.91 Å². The summed E-state index contributed by atoms with van der Waals surface area (Å²) in [7, 11) is 1.97. The highest BCUT2D eigenvalue weighted by Crippen LogP contribution is 2.44. The van der Waals surface area contributed by atoms with Crippen LogP contribution in [0.25, 0.3) is 10.9 Å². The number of aryl methyl sites for hydroxylation is 1. The highest BCUT2D eigenvalue weighted by Gasteiger charge is 2.48. The highest BCUT2D eigenvalue weighted by atomic mass is 16.2. The minimum absolute atomic E-state index is 0.171. The SMILES string of the molecule is Cn1ccc2cc(NC(=O)CN3C(=O)c4ccccc4N4C(=O)c5ccccc5C34)ccc21. The predicted octanol–water partition coefficient (Wildman–Crippen LogP) is 3.93. The van der Waals surface area contributed by atoms with E-state index in [0.717, 1.165) is 16.5 Å². The van der Waals surface area contributed by atoms with E-state index in [1.807, 2.05) is 60.3 Å². The molecule has 3 aromatic carbocycles. The second-order valence-corrected chi connectivity index (χ2v) is 8.33. The van der Waals surface area contributed by atoms with Gasteiger partial charge in [-0.25, -0.2) is 0 Å². The van der Waals surface area contributed by atoms with Gasteiger partial charge in [-0.2, -0.15) is 0 Å². The Hall–Kier alpha value is -4.39. The maximum atomic E-state index is 13.4. The standard InChI is InChI=1S/C26H20N4O3/c1-28-13-12-16-14-17(10-11-21(16)28)27-23(31)15-29-24-18-6-2-3-7-19(18)26(33)30(24)22-9-5-4-8-20(22)25(29)32/h2-14,24H,15H2,1H3,(H,27,31). The van der Waals surface area contributed by atoms with Crippen molar-refractivity contribution in [1.29, 1.82) is 0 Å². The van der Waals surface area contributed by atoms with Gasteiger partial charge in [-0.15, -0.1) is 0 Å². The summed E-state index contributed by atoms with van der Waals surface area (Å²) in [4.78, 5) is 42.8. The Bertz CT molecular complexity index is 1470. The number of amides is 3. The molecule has 7 nitrogen and oxygen atoms in total. The van der Waals surface area contributed by atoms with Gasteiger partial charge in [-0.1, -0.05) is 30.3 Å². The second kappa shape index (κ2) is 7.06. The summed E-state index contributed by atoms with van der Waals surface area (Å²) in [5, 5.41) is 3.92. The molecule has 162 valence electrons. The lowest BCUT2D eigenvalue weighted by Crippen LogP contribution is -2.50. The first-order valence-electron chi connectivity index (χ1n) is 10.7. The van der Waals surface area contributed by atoms with Crippen LogP contribution in [0.2, 0.25) is 0 Å². The number of benzene rings is 3. The molecular formula is C26H20N4O3. The van der Waals surface area contributed by atoms with E-state index >= 15 is 0 Å². The van der Waals surface area contributed by atoms with E-state index in [4.69, 9.17) is 0 Å². The molecule has 0 saturated heterocycles. The molecule has 33 heavy (non-hydrogen) atoms. The van der Waals surface area contributed by atoms with Crippen molar-refractivity contribution in [3.8, 4) is 0 Å². The summed E-state index contributed by atoms with van der Waals surface area (Å²) >= 11 is 0. The third-order valence-electron chi connectivity index (χ3n) is 6.37. The van der Waals surface area contributed by atoms with Crippen molar-refractivity contribution >= 4 is 40.0 Å². The topological polar surface area (TPSA) is 74.7 Å². The molecule has 3 heterocycles. The highest BCUT2D eigenvalue weighted by molar-refractivity contribution is 6.17. The first-order chi connectivity index (χ1) is 16.0. The number of hydrogen-bond acceptors (Lipinski definition) is 3. The van der Waals surface area contributed by atoms with Crippen LogP contribution in [0.4, 0.5) is 11.4 Å². The van der Waals surface area contributed by atoms with Gasteiger partial charge in [0.15, 0.2) is 0 Å².